The Kier molecular flexibility index (Phi) is 6.59. The van der Waals surface area contributed by atoms with Crippen LogP contribution in [0, 0.1) is 0 Å². The fraction of sp³-hybridized carbons (Fsp3) is 0.241. The molecule has 2 heterocycles. The molecule has 0 amide bonds. The van der Waals surface area contributed by atoms with Gasteiger partial charge in [0.15, 0.2) is 0 Å². The molecule has 36 heavy (non-hydrogen) atoms. The van der Waals surface area contributed by atoms with Crippen LogP contribution < -0.4 is 0 Å². The lowest BCUT2D eigenvalue weighted by atomic mass is 9.96. The van der Waals surface area contributed by atoms with E-state index in [0.717, 1.165) is 5.52 Å². The van der Waals surface area contributed by atoms with Gasteiger partial charge in [0.2, 0.25) is 0 Å². The average Bonchev–Trinajstić information content (AvgIpc) is 3.21. The minimum Gasteiger partial charge on any atom is -0.480 e. The number of hydrogen-bond acceptors (Lipinski definition) is 4. The lowest BCUT2D eigenvalue weighted by molar-refractivity contribution is -0.144. The van der Waals surface area contributed by atoms with Crippen LogP contribution in [0.4, 0.5) is 0 Å². The fourth-order valence-electron chi connectivity index (χ4n) is 5.40. The SMILES string of the molecule is Cn1cc([C@@H](C(=O)O)N2CCN(C(c3ccccc3)c3ccccc3)CC2)c2cc(C(=O)O)ccc21. The molecule has 1 aromatic heterocycles. The molecule has 0 saturated carbocycles. The third-order valence-corrected chi connectivity index (χ3v) is 7.11. The zero-order valence-electron chi connectivity index (χ0n) is 20.1. The number of nitrogens with zero attached hydrogens (tertiary/aromatic N) is 3. The molecule has 7 heteroatoms. The monoisotopic (exact) mass is 483 g/mol. The quantitative estimate of drug-likeness (QED) is 0.405. The van der Waals surface area contributed by atoms with Gasteiger partial charge in [-0.05, 0) is 29.3 Å². The lowest BCUT2D eigenvalue weighted by Crippen LogP contribution is -2.50. The maximum absolute atomic E-state index is 12.5. The van der Waals surface area contributed by atoms with Crippen molar-refractivity contribution in [2.45, 2.75) is 12.1 Å². The highest BCUT2D eigenvalue weighted by molar-refractivity contribution is 5.96. The molecule has 4 aromatic rings. The van der Waals surface area contributed by atoms with Gasteiger partial charge in [-0.15, -0.1) is 0 Å². The fourth-order valence-corrected chi connectivity index (χ4v) is 5.40. The van der Waals surface area contributed by atoms with Crippen molar-refractivity contribution in [1.82, 2.24) is 14.4 Å². The average molecular weight is 484 g/mol. The minimum atomic E-state index is -1.03. The highest BCUT2D eigenvalue weighted by Gasteiger charge is 2.34. The van der Waals surface area contributed by atoms with Gasteiger partial charge in [-0.1, -0.05) is 60.7 Å². The lowest BCUT2D eigenvalue weighted by Gasteiger charge is -2.41. The molecular formula is C29H29N3O4. The molecule has 0 radical (unpaired) electrons. The zero-order valence-corrected chi connectivity index (χ0v) is 20.1. The maximum atomic E-state index is 12.5. The second-order valence-electron chi connectivity index (χ2n) is 9.27. The Balaban J connectivity index is 1.43. The van der Waals surface area contributed by atoms with Crippen molar-refractivity contribution in [3.63, 3.8) is 0 Å². The van der Waals surface area contributed by atoms with E-state index in [0.29, 0.717) is 37.1 Å². The number of piperazine rings is 1. The first-order valence-corrected chi connectivity index (χ1v) is 12.1. The van der Waals surface area contributed by atoms with Crippen molar-refractivity contribution >= 4 is 22.8 Å². The van der Waals surface area contributed by atoms with E-state index in [2.05, 4.69) is 29.2 Å². The van der Waals surface area contributed by atoms with Gasteiger partial charge >= 0.3 is 11.9 Å². The molecule has 1 aliphatic heterocycles. The molecule has 3 aromatic carbocycles. The number of aliphatic carboxylic acids is 1. The van der Waals surface area contributed by atoms with E-state index in [1.165, 1.54) is 11.1 Å². The van der Waals surface area contributed by atoms with Crippen LogP contribution in [0.15, 0.2) is 85.1 Å². The summed E-state index contributed by atoms with van der Waals surface area (Å²) in [5.41, 5.74) is 4.01. The molecular weight excluding hydrogens is 454 g/mol. The molecule has 0 aliphatic carbocycles. The van der Waals surface area contributed by atoms with E-state index >= 15 is 0 Å². The van der Waals surface area contributed by atoms with E-state index < -0.39 is 18.0 Å². The third-order valence-electron chi connectivity index (χ3n) is 7.11. The molecule has 1 fully saturated rings. The Morgan fingerprint density at radius 2 is 1.33 bits per heavy atom. The molecule has 1 aliphatic rings. The number of hydrogen-bond donors (Lipinski definition) is 2. The van der Waals surface area contributed by atoms with Gasteiger partial charge in [0.25, 0.3) is 0 Å². The van der Waals surface area contributed by atoms with E-state index in [9.17, 15) is 19.8 Å². The predicted molar refractivity (Wildman–Crippen MR) is 138 cm³/mol. The van der Waals surface area contributed by atoms with Crippen molar-refractivity contribution in [2.75, 3.05) is 26.2 Å². The van der Waals surface area contributed by atoms with Gasteiger partial charge < -0.3 is 14.8 Å². The number of aryl methyl sites for hydroxylation is 1. The topological polar surface area (TPSA) is 86.0 Å². The Labute approximate surface area is 209 Å². The number of benzene rings is 3. The standard InChI is InChI=1S/C29H29N3O4/c1-30-19-24(23-18-22(28(33)34)12-13-25(23)30)27(29(35)36)32-16-14-31(15-17-32)26(20-8-4-2-5-9-20)21-10-6-3-7-11-21/h2-13,18-19,26-27H,14-17H2,1H3,(H,33,34)(H,35,36)/t27-/m0/s1. The van der Waals surface area contributed by atoms with Crippen LogP contribution >= 0.6 is 0 Å². The smallest absolute Gasteiger partial charge is 0.335 e. The number of fused-ring (bicyclic) bond motifs is 1. The van der Waals surface area contributed by atoms with Gasteiger partial charge in [-0.3, -0.25) is 14.6 Å². The van der Waals surface area contributed by atoms with Crippen LogP contribution in [0.2, 0.25) is 0 Å². The van der Waals surface area contributed by atoms with Crippen LogP contribution in [-0.4, -0.2) is 62.7 Å². The number of aromatic nitrogens is 1. The Bertz CT molecular complexity index is 1340. The summed E-state index contributed by atoms with van der Waals surface area (Å²) in [5, 5.41) is 20.4. The van der Waals surface area contributed by atoms with Crippen LogP contribution in [0.5, 0.6) is 0 Å². The second-order valence-corrected chi connectivity index (χ2v) is 9.27. The zero-order chi connectivity index (χ0) is 25.2. The van der Waals surface area contributed by atoms with Gasteiger partial charge in [-0.25, -0.2) is 4.79 Å². The molecule has 2 N–H and O–H groups in total. The number of carbonyl (C=O) groups is 2. The molecule has 0 spiro atoms. The van der Waals surface area contributed by atoms with Gasteiger partial charge in [0.05, 0.1) is 11.6 Å². The van der Waals surface area contributed by atoms with E-state index in [1.54, 1.807) is 18.2 Å². The summed E-state index contributed by atoms with van der Waals surface area (Å²) in [5.74, 6) is -1.96. The van der Waals surface area contributed by atoms with E-state index in [1.807, 2.05) is 59.1 Å². The van der Waals surface area contributed by atoms with Crippen LogP contribution in [0.3, 0.4) is 0 Å². The number of carboxylic acids is 2. The summed E-state index contributed by atoms with van der Waals surface area (Å²) in [7, 11) is 1.85. The Hall–Kier alpha value is -3.94. The summed E-state index contributed by atoms with van der Waals surface area (Å²) in [6, 6.07) is 24.9. The molecule has 5 rings (SSSR count). The van der Waals surface area contributed by atoms with Gasteiger partial charge in [0, 0.05) is 55.9 Å². The largest absolute Gasteiger partial charge is 0.480 e. The third kappa shape index (κ3) is 4.51. The summed E-state index contributed by atoms with van der Waals surface area (Å²) in [6.45, 7) is 2.59. The van der Waals surface area contributed by atoms with Crippen molar-refractivity contribution in [2.24, 2.45) is 7.05 Å². The number of rotatable bonds is 7. The summed E-state index contributed by atoms with van der Waals surface area (Å²) in [4.78, 5) is 28.5. The molecule has 0 bridgehead atoms. The van der Waals surface area contributed by atoms with Gasteiger partial charge in [-0.2, -0.15) is 0 Å². The van der Waals surface area contributed by atoms with E-state index in [-0.39, 0.29) is 11.6 Å². The van der Waals surface area contributed by atoms with Crippen molar-refractivity contribution < 1.29 is 19.8 Å². The van der Waals surface area contributed by atoms with Crippen LogP contribution in [0.1, 0.15) is 39.1 Å². The normalized spacial score (nSPS) is 15.8. The molecule has 184 valence electrons. The second kappa shape index (κ2) is 9.97. The minimum absolute atomic E-state index is 0.0912. The highest BCUT2D eigenvalue weighted by atomic mass is 16.4. The van der Waals surface area contributed by atoms with Crippen molar-refractivity contribution in [3.05, 3.63) is 107 Å². The number of aromatic carboxylic acids is 1. The van der Waals surface area contributed by atoms with Crippen LogP contribution in [0.25, 0.3) is 10.9 Å². The molecule has 0 unspecified atom stereocenters. The Morgan fingerprint density at radius 1 is 0.778 bits per heavy atom. The summed E-state index contributed by atoms with van der Waals surface area (Å²) in [6.07, 6.45) is 1.82. The predicted octanol–water partition coefficient (Wildman–Crippen LogP) is 4.41. The first-order valence-electron chi connectivity index (χ1n) is 12.1. The Morgan fingerprint density at radius 3 is 1.86 bits per heavy atom. The summed E-state index contributed by atoms with van der Waals surface area (Å²) >= 11 is 0. The molecule has 1 atom stereocenters. The summed E-state index contributed by atoms with van der Waals surface area (Å²) < 4.78 is 1.86. The maximum Gasteiger partial charge on any atom is 0.335 e. The van der Waals surface area contributed by atoms with Crippen molar-refractivity contribution in [3.8, 4) is 0 Å². The first kappa shape index (κ1) is 23.8. The molecule has 7 nitrogen and oxygen atoms in total. The first-order chi connectivity index (χ1) is 17.4. The van der Waals surface area contributed by atoms with Crippen LogP contribution in [-0.2, 0) is 11.8 Å². The van der Waals surface area contributed by atoms with Gasteiger partial charge in [0.1, 0.15) is 6.04 Å². The number of carboxylic acid groups (broad SMARTS) is 2. The van der Waals surface area contributed by atoms with Crippen molar-refractivity contribution in [1.29, 1.82) is 0 Å². The van der Waals surface area contributed by atoms with E-state index in [4.69, 9.17) is 0 Å². The highest BCUT2D eigenvalue weighted by Crippen LogP contribution is 2.34. The molecule has 1 saturated heterocycles.